The number of aryl methyl sites for hydroxylation is 1. The summed E-state index contributed by atoms with van der Waals surface area (Å²) in [5, 5.41) is 24.9. The maximum Gasteiger partial charge on any atom is 0.408 e. The van der Waals surface area contributed by atoms with Crippen LogP contribution in [0.4, 0.5) is 4.79 Å². The number of amides is 4. The van der Waals surface area contributed by atoms with Crippen molar-refractivity contribution in [1.82, 2.24) is 26.3 Å². The predicted octanol–water partition coefficient (Wildman–Crippen LogP) is 3.68. The van der Waals surface area contributed by atoms with Crippen LogP contribution >= 0.6 is 11.3 Å². The van der Waals surface area contributed by atoms with E-state index in [4.69, 9.17) is 4.74 Å². The van der Waals surface area contributed by atoms with Crippen LogP contribution in [0.5, 0.6) is 0 Å². The largest absolute Gasteiger partial charge is 0.442 e. The molecule has 0 aliphatic carbocycles. The van der Waals surface area contributed by atoms with E-state index < -0.39 is 42.1 Å². The van der Waals surface area contributed by atoms with Gasteiger partial charge in [0.25, 0.3) is 0 Å². The molecule has 0 spiro atoms. The zero-order valence-corrected chi connectivity index (χ0v) is 27.6. The summed E-state index contributed by atoms with van der Waals surface area (Å²) in [4.78, 5) is 55.6. The van der Waals surface area contributed by atoms with E-state index >= 15 is 0 Å². The van der Waals surface area contributed by atoms with E-state index in [-0.39, 0.29) is 42.6 Å². The molecule has 1 aromatic rings. The summed E-state index contributed by atoms with van der Waals surface area (Å²) in [5.74, 6) is -1.31. The number of thiazole rings is 1. The highest BCUT2D eigenvalue weighted by Crippen LogP contribution is 2.17. The number of carbonyl (C=O) groups excluding carboxylic acids is 4. The maximum absolute atomic E-state index is 13.2. The molecule has 5 atom stereocenters. The van der Waals surface area contributed by atoms with Gasteiger partial charge in [0.05, 0.1) is 12.1 Å². The molecule has 0 saturated heterocycles. The fraction of sp³-hybridized carbons (Fsp3) is 0.767. The third-order valence-corrected chi connectivity index (χ3v) is 7.61. The Hall–Kier alpha value is -2.73. The van der Waals surface area contributed by atoms with Crippen molar-refractivity contribution >= 4 is 35.2 Å². The number of nitrogens with one attached hydrogen (secondary N) is 4. The van der Waals surface area contributed by atoms with Gasteiger partial charge in [-0.3, -0.25) is 14.4 Å². The van der Waals surface area contributed by atoms with Gasteiger partial charge in [-0.2, -0.15) is 0 Å². The van der Waals surface area contributed by atoms with E-state index in [0.717, 1.165) is 5.69 Å². The van der Waals surface area contributed by atoms with Gasteiger partial charge in [0.1, 0.15) is 23.7 Å². The summed E-state index contributed by atoms with van der Waals surface area (Å²) in [6.45, 7) is 17.6. The van der Waals surface area contributed by atoms with E-state index in [0.29, 0.717) is 30.8 Å². The minimum absolute atomic E-state index is 0.0104. The van der Waals surface area contributed by atoms with Crippen LogP contribution in [0.3, 0.4) is 0 Å². The van der Waals surface area contributed by atoms with E-state index in [1.165, 1.54) is 11.3 Å². The van der Waals surface area contributed by atoms with Gasteiger partial charge >= 0.3 is 6.09 Å². The standard InChI is InChI=1S/C30H53N5O6S/c1-10-11-22(34-30(40)41-15-25-32-21(9)16-42-25)28(38)33-23(12-17(2)3)24(36)13-20(8)27(37)35-26(19(6)7)29(39)31-14-18(4)5/h16-20,22-24,26,36H,10-15H2,1-9H3,(H,31,39)(H,33,38)(H,34,40)(H,35,37). The highest BCUT2D eigenvalue weighted by Gasteiger charge is 2.31. The number of nitrogens with zero attached hydrogens (tertiary/aromatic N) is 1. The summed E-state index contributed by atoms with van der Waals surface area (Å²) in [7, 11) is 0. The normalized spacial score (nSPS) is 15.1. The quantitative estimate of drug-likeness (QED) is 0.169. The topological polar surface area (TPSA) is 159 Å². The van der Waals surface area contributed by atoms with E-state index in [9.17, 15) is 24.3 Å². The molecular formula is C30H53N5O6S. The Morgan fingerprint density at radius 3 is 2.12 bits per heavy atom. The summed E-state index contributed by atoms with van der Waals surface area (Å²) >= 11 is 1.39. The van der Waals surface area contributed by atoms with Crippen molar-refractivity contribution in [3.63, 3.8) is 0 Å². The summed E-state index contributed by atoms with van der Waals surface area (Å²) in [6, 6.07) is -2.18. The van der Waals surface area contributed by atoms with E-state index in [1.54, 1.807) is 6.92 Å². The minimum atomic E-state index is -1.02. The first-order chi connectivity index (χ1) is 19.6. The number of hydrogen-bond acceptors (Lipinski definition) is 8. The Labute approximate surface area is 255 Å². The molecule has 0 radical (unpaired) electrons. The molecule has 42 heavy (non-hydrogen) atoms. The fourth-order valence-electron chi connectivity index (χ4n) is 4.32. The maximum atomic E-state index is 13.2. The van der Waals surface area contributed by atoms with Crippen LogP contribution in [-0.4, -0.2) is 64.7 Å². The van der Waals surface area contributed by atoms with Crippen LogP contribution in [0.15, 0.2) is 5.38 Å². The number of aromatic nitrogens is 1. The van der Waals surface area contributed by atoms with Crippen molar-refractivity contribution in [3.8, 4) is 0 Å². The first-order valence-corrected chi connectivity index (χ1v) is 15.9. The molecule has 1 rings (SSSR count). The van der Waals surface area contributed by atoms with Gasteiger partial charge < -0.3 is 31.1 Å². The number of ether oxygens (including phenoxy) is 1. The third kappa shape index (κ3) is 14.0. The number of carbonyl (C=O) groups is 4. The molecule has 0 bridgehead atoms. The van der Waals surface area contributed by atoms with Crippen molar-refractivity contribution in [2.45, 2.75) is 119 Å². The molecule has 0 aromatic carbocycles. The Morgan fingerprint density at radius 1 is 0.929 bits per heavy atom. The molecule has 1 aromatic heterocycles. The zero-order valence-electron chi connectivity index (χ0n) is 26.8. The Balaban J connectivity index is 2.83. The number of aliphatic hydroxyl groups excluding tert-OH is 1. The van der Waals surface area contributed by atoms with Gasteiger partial charge in [0, 0.05) is 23.5 Å². The molecule has 5 N–H and O–H groups in total. The molecule has 0 aliphatic rings. The monoisotopic (exact) mass is 611 g/mol. The van der Waals surface area contributed by atoms with Crippen LogP contribution in [0, 0.1) is 30.6 Å². The molecule has 1 heterocycles. The highest BCUT2D eigenvalue weighted by molar-refractivity contribution is 7.09. The zero-order chi connectivity index (χ0) is 32.0. The van der Waals surface area contributed by atoms with Crippen molar-refractivity contribution in [1.29, 1.82) is 0 Å². The lowest BCUT2D eigenvalue weighted by atomic mass is 9.91. The molecule has 0 fully saturated rings. The molecule has 0 aliphatic heterocycles. The lowest BCUT2D eigenvalue weighted by molar-refractivity contribution is -0.132. The van der Waals surface area contributed by atoms with Gasteiger partial charge in [-0.25, -0.2) is 9.78 Å². The van der Waals surface area contributed by atoms with Crippen molar-refractivity contribution < 1.29 is 29.0 Å². The highest BCUT2D eigenvalue weighted by atomic mass is 32.1. The van der Waals surface area contributed by atoms with Crippen LogP contribution in [0.2, 0.25) is 0 Å². The van der Waals surface area contributed by atoms with Gasteiger partial charge in [0.15, 0.2) is 0 Å². The van der Waals surface area contributed by atoms with Gasteiger partial charge in [-0.05, 0) is 43.9 Å². The molecule has 5 unspecified atom stereocenters. The second kappa shape index (κ2) is 18.7. The smallest absolute Gasteiger partial charge is 0.408 e. The summed E-state index contributed by atoms with van der Waals surface area (Å²) in [5.41, 5.74) is 0.843. The average Bonchev–Trinajstić information content (AvgIpc) is 3.32. The third-order valence-electron chi connectivity index (χ3n) is 6.67. The van der Waals surface area contributed by atoms with E-state index in [2.05, 4.69) is 26.3 Å². The molecule has 240 valence electrons. The fourth-order valence-corrected chi connectivity index (χ4v) is 5.00. The van der Waals surface area contributed by atoms with Crippen LogP contribution in [-0.2, 0) is 25.7 Å². The summed E-state index contributed by atoms with van der Waals surface area (Å²) < 4.78 is 5.25. The van der Waals surface area contributed by atoms with Gasteiger partial charge in [0.2, 0.25) is 17.7 Å². The second-order valence-electron chi connectivity index (χ2n) is 12.3. The lowest BCUT2D eigenvalue weighted by Crippen LogP contribution is -2.54. The number of hydrogen-bond donors (Lipinski definition) is 5. The SMILES string of the molecule is CCCC(NC(=O)OCc1nc(C)cs1)C(=O)NC(CC(C)C)C(O)CC(C)C(=O)NC(C(=O)NCC(C)C)C(C)C. The lowest BCUT2D eigenvalue weighted by Gasteiger charge is -2.30. The average molecular weight is 612 g/mol. The second-order valence-corrected chi connectivity index (χ2v) is 13.2. The first kappa shape index (κ1) is 37.3. The number of rotatable bonds is 18. The molecular weight excluding hydrogens is 558 g/mol. The molecule has 0 saturated carbocycles. The van der Waals surface area contributed by atoms with Crippen LogP contribution < -0.4 is 21.3 Å². The Bertz CT molecular complexity index is 999. The predicted molar refractivity (Wildman–Crippen MR) is 165 cm³/mol. The number of alkyl carbamates (subject to hydrolysis) is 1. The Morgan fingerprint density at radius 2 is 1.60 bits per heavy atom. The van der Waals surface area contributed by atoms with Crippen molar-refractivity contribution in [2.24, 2.45) is 23.7 Å². The van der Waals surface area contributed by atoms with E-state index in [1.807, 2.05) is 60.8 Å². The Kier molecular flexibility index (Phi) is 16.6. The minimum Gasteiger partial charge on any atom is -0.442 e. The molecule has 12 heteroatoms. The number of aliphatic hydroxyl groups is 1. The van der Waals surface area contributed by atoms with Gasteiger partial charge in [-0.1, -0.05) is 61.8 Å². The first-order valence-electron chi connectivity index (χ1n) is 15.0. The molecule has 11 nitrogen and oxygen atoms in total. The van der Waals surface area contributed by atoms with Crippen LogP contribution in [0.25, 0.3) is 0 Å². The van der Waals surface area contributed by atoms with Crippen molar-refractivity contribution in [2.75, 3.05) is 6.54 Å². The molecule has 4 amide bonds. The summed E-state index contributed by atoms with van der Waals surface area (Å²) in [6.07, 6.45) is -0.161. The van der Waals surface area contributed by atoms with Crippen LogP contribution in [0.1, 0.15) is 91.8 Å². The van der Waals surface area contributed by atoms with Gasteiger partial charge in [-0.15, -0.1) is 11.3 Å². The van der Waals surface area contributed by atoms with Crippen molar-refractivity contribution in [3.05, 3.63) is 16.1 Å².